The molecule has 0 atom stereocenters. The second kappa shape index (κ2) is 9.12. The summed E-state index contributed by atoms with van der Waals surface area (Å²) in [5, 5.41) is 6.56. The summed E-state index contributed by atoms with van der Waals surface area (Å²) in [6.07, 6.45) is 8.70. The van der Waals surface area contributed by atoms with Crippen LogP contribution in [0.5, 0.6) is 0 Å². The largest absolute Gasteiger partial charge is 0.355 e. The van der Waals surface area contributed by atoms with E-state index in [0.717, 1.165) is 29.1 Å². The number of hydrogen-bond acceptors (Lipinski definition) is 1. The van der Waals surface area contributed by atoms with Crippen LogP contribution in [0, 0.1) is 17.8 Å². The highest BCUT2D eigenvalue weighted by Crippen LogP contribution is 2.61. The highest BCUT2D eigenvalue weighted by atomic mass is 14.9. The fourth-order valence-corrected chi connectivity index (χ4v) is 8.80. The van der Waals surface area contributed by atoms with Crippen LogP contribution in [0.4, 0.5) is 11.4 Å². The van der Waals surface area contributed by atoms with Crippen molar-refractivity contribution in [3.8, 4) is 22.3 Å². The highest BCUT2D eigenvalue weighted by Gasteiger charge is 2.52. The molecule has 4 fully saturated rings. The Morgan fingerprint density at radius 2 is 1.08 bits per heavy atom. The van der Waals surface area contributed by atoms with E-state index in [0.29, 0.717) is 5.41 Å². The fraction of sp³-hybridized carbons (Fsp3) is 0.263. The van der Waals surface area contributed by atoms with Crippen molar-refractivity contribution in [2.24, 2.45) is 17.8 Å². The van der Waals surface area contributed by atoms with Gasteiger partial charge in [-0.15, -0.1) is 0 Å². The van der Waals surface area contributed by atoms with Crippen LogP contribution in [0.15, 0.2) is 115 Å². The average molecular weight is 506 g/mol. The van der Waals surface area contributed by atoms with Gasteiger partial charge in [-0.05, 0) is 113 Å². The monoisotopic (exact) mass is 505 g/mol. The van der Waals surface area contributed by atoms with Crippen LogP contribution in [-0.2, 0) is 5.41 Å². The molecule has 1 heteroatoms. The molecule has 0 unspecified atom stereocenters. The van der Waals surface area contributed by atoms with Crippen molar-refractivity contribution in [1.29, 1.82) is 0 Å². The second-order valence-corrected chi connectivity index (χ2v) is 12.5. The normalized spacial score (nSPS) is 25.2. The van der Waals surface area contributed by atoms with E-state index in [2.05, 4.69) is 121 Å². The summed E-state index contributed by atoms with van der Waals surface area (Å²) in [6, 6.07) is 42.3. The Kier molecular flexibility index (Phi) is 5.40. The fourth-order valence-electron chi connectivity index (χ4n) is 8.80. The third kappa shape index (κ3) is 3.98. The Bertz CT molecular complexity index is 1610. The van der Waals surface area contributed by atoms with E-state index in [9.17, 15) is 0 Å². The van der Waals surface area contributed by atoms with Gasteiger partial charge < -0.3 is 5.32 Å². The van der Waals surface area contributed by atoms with E-state index in [1.807, 2.05) is 0 Å². The van der Waals surface area contributed by atoms with Crippen LogP contribution < -0.4 is 5.32 Å². The van der Waals surface area contributed by atoms with E-state index in [4.69, 9.17) is 0 Å². The highest BCUT2D eigenvalue weighted by molar-refractivity contribution is 5.99. The van der Waals surface area contributed by atoms with Gasteiger partial charge in [0, 0.05) is 16.9 Å². The zero-order valence-electron chi connectivity index (χ0n) is 22.4. The van der Waals surface area contributed by atoms with Gasteiger partial charge in [-0.25, -0.2) is 0 Å². The minimum atomic E-state index is 0.410. The molecule has 5 aromatic rings. The summed E-state index contributed by atoms with van der Waals surface area (Å²) in [6.45, 7) is 0. The average Bonchev–Trinajstić information content (AvgIpc) is 2.97. The molecular weight excluding hydrogens is 470 g/mol. The summed E-state index contributed by atoms with van der Waals surface area (Å²) in [7, 11) is 0. The van der Waals surface area contributed by atoms with Crippen molar-refractivity contribution < 1.29 is 0 Å². The number of anilines is 2. The van der Waals surface area contributed by atoms with Crippen molar-refractivity contribution in [2.75, 3.05) is 5.32 Å². The van der Waals surface area contributed by atoms with Crippen molar-refractivity contribution in [1.82, 2.24) is 0 Å². The van der Waals surface area contributed by atoms with Gasteiger partial charge in [0.05, 0.1) is 0 Å². The van der Waals surface area contributed by atoms with E-state index in [1.54, 1.807) is 5.56 Å². The minimum absolute atomic E-state index is 0.410. The Labute approximate surface area is 231 Å². The molecule has 4 aliphatic carbocycles. The first-order valence-corrected chi connectivity index (χ1v) is 14.8. The van der Waals surface area contributed by atoms with Gasteiger partial charge in [-0.1, -0.05) is 97.1 Å². The Hall–Kier alpha value is -3.84. The zero-order valence-corrected chi connectivity index (χ0v) is 22.4. The molecule has 0 amide bonds. The van der Waals surface area contributed by atoms with Crippen LogP contribution >= 0.6 is 0 Å². The Morgan fingerprint density at radius 1 is 0.487 bits per heavy atom. The lowest BCUT2D eigenvalue weighted by molar-refractivity contribution is -0.00449. The molecule has 39 heavy (non-hydrogen) atoms. The molecule has 0 radical (unpaired) electrons. The van der Waals surface area contributed by atoms with Gasteiger partial charge in [0.1, 0.15) is 0 Å². The van der Waals surface area contributed by atoms with Gasteiger partial charge in [0.2, 0.25) is 0 Å². The molecule has 0 aliphatic heterocycles. The Morgan fingerprint density at radius 3 is 1.79 bits per heavy atom. The van der Waals surface area contributed by atoms with Gasteiger partial charge in [-0.2, -0.15) is 0 Å². The number of hydrogen-bond donors (Lipinski definition) is 1. The number of fused-ring (bicyclic) bond motifs is 1. The number of rotatable bonds is 5. The smallest absolute Gasteiger partial charge is 0.0463 e. The lowest BCUT2D eigenvalue weighted by Gasteiger charge is -2.57. The van der Waals surface area contributed by atoms with Gasteiger partial charge in [0.15, 0.2) is 0 Å². The van der Waals surface area contributed by atoms with E-state index < -0.39 is 0 Å². The van der Waals surface area contributed by atoms with Gasteiger partial charge in [0.25, 0.3) is 0 Å². The first kappa shape index (κ1) is 23.1. The first-order valence-electron chi connectivity index (χ1n) is 14.8. The molecule has 192 valence electrons. The Balaban J connectivity index is 1.13. The SMILES string of the molecule is c1ccc(-c2ccccc2Nc2ccc(-c3ccc(C45CC6CC(CC(C6)C4)C5)c4ccccc34)cc2)cc1. The summed E-state index contributed by atoms with van der Waals surface area (Å²) in [5.41, 5.74) is 9.35. The zero-order chi connectivity index (χ0) is 25.8. The quantitative estimate of drug-likeness (QED) is 0.250. The summed E-state index contributed by atoms with van der Waals surface area (Å²) < 4.78 is 0. The molecule has 1 nitrogen and oxygen atoms in total. The maximum Gasteiger partial charge on any atom is 0.0463 e. The van der Waals surface area contributed by atoms with E-state index in [-0.39, 0.29) is 0 Å². The topological polar surface area (TPSA) is 12.0 Å². The van der Waals surface area contributed by atoms with Crippen LogP contribution in [0.3, 0.4) is 0 Å². The molecule has 0 saturated heterocycles. The van der Waals surface area contributed by atoms with Crippen LogP contribution in [-0.4, -0.2) is 0 Å². The number of para-hydroxylation sites is 1. The number of nitrogens with one attached hydrogen (secondary N) is 1. The van der Waals surface area contributed by atoms with E-state index in [1.165, 1.54) is 71.6 Å². The first-order chi connectivity index (χ1) is 19.2. The molecule has 4 saturated carbocycles. The summed E-state index contributed by atoms with van der Waals surface area (Å²) in [4.78, 5) is 0. The van der Waals surface area contributed by atoms with Crippen LogP contribution in [0.1, 0.15) is 44.1 Å². The van der Waals surface area contributed by atoms with Crippen molar-refractivity contribution >= 4 is 22.1 Å². The second-order valence-electron chi connectivity index (χ2n) is 12.5. The molecule has 4 bridgehead atoms. The molecule has 0 heterocycles. The van der Waals surface area contributed by atoms with Crippen molar-refractivity contribution in [3.63, 3.8) is 0 Å². The van der Waals surface area contributed by atoms with E-state index >= 15 is 0 Å². The molecular formula is C38H35N. The molecule has 0 aromatic heterocycles. The third-order valence-corrected chi connectivity index (χ3v) is 10.0. The lowest BCUT2D eigenvalue weighted by Crippen LogP contribution is -2.48. The minimum Gasteiger partial charge on any atom is -0.355 e. The van der Waals surface area contributed by atoms with Crippen molar-refractivity contribution in [3.05, 3.63) is 121 Å². The molecule has 4 aliphatic rings. The number of benzene rings is 5. The summed E-state index contributed by atoms with van der Waals surface area (Å²) >= 11 is 0. The maximum atomic E-state index is 3.67. The van der Waals surface area contributed by atoms with Crippen molar-refractivity contribution in [2.45, 2.75) is 43.9 Å². The van der Waals surface area contributed by atoms with Gasteiger partial charge in [-0.3, -0.25) is 0 Å². The maximum absolute atomic E-state index is 3.67. The molecule has 1 N–H and O–H groups in total. The van der Waals surface area contributed by atoms with Crippen LogP contribution in [0.25, 0.3) is 33.0 Å². The predicted molar refractivity (Wildman–Crippen MR) is 164 cm³/mol. The molecule has 5 aromatic carbocycles. The molecule has 9 rings (SSSR count). The van der Waals surface area contributed by atoms with Crippen LogP contribution in [0.2, 0.25) is 0 Å². The lowest BCUT2D eigenvalue weighted by atomic mass is 9.47. The predicted octanol–water partition coefficient (Wildman–Crippen LogP) is 10.4. The van der Waals surface area contributed by atoms with Gasteiger partial charge >= 0.3 is 0 Å². The third-order valence-electron chi connectivity index (χ3n) is 10.0. The standard InChI is InChI=1S/C38H35N/c1-2-8-29(9-3-1)33-10-6-7-13-37(33)39-31-16-14-30(15-17-31)32-18-19-36(35-12-5-4-11-34(32)35)38-23-26-20-27(24-38)22-28(21-26)25-38/h1-19,26-28,39H,20-25H2. The molecule has 0 spiro atoms. The summed E-state index contributed by atoms with van der Waals surface area (Å²) in [5.74, 6) is 2.88.